The van der Waals surface area contributed by atoms with E-state index in [0.29, 0.717) is 18.5 Å². The van der Waals surface area contributed by atoms with Crippen LogP contribution >= 0.6 is 0 Å². The van der Waals surface area contributed by atoms with Gasteiger partial charge in [-0.05, 0) is 38.0 Å². The molecule has 0 spiro atoms. The van der Waals surface area contributed by atoms with E-state index < -0.39 is 16.0 Å². The van der Waals surface area contributed by atoms with E-state index in [1.165, 1.54) is 13.2 Å². The quantitative estimate of drug-likeness (QED) is 0.495. The number of esters is 1. The van der Waals surface area contributed by atoms with Crippen LogP contribution in [0.4, 0.5) is 0 Å². The zero-order chi connectivity index (χ0) is 15.2. The second-order valence-electron chi connectivity index (χ2n) is 4.23. The summed E-state index contributed by atoms with van der Waals surface area (Å²) in [6.45, 7) is 3.87. The minimum Gasteiger partial charge on any atom is -0.465 e. The maximum absolute atomic E-state index is 12.2. The monoisotopic (exact) mass is 297 g/mol. The number of allylic oxidation sites excluding steroid dienone is 1. The van der Waals surface area contributed by atoms with Crippen molar-refractivity contribution in [1.29, 1.82) is 0 Å². The van der Waals surface area contributed by atoms with E-state index in [9.17, 15) is 13.2 Å². The number of nitrogens with one attached hydrogen (secondary N) is 1. The number of hydrogen-bond acceptors (Lipinski definition) is 4. The first-order valence-electron chi connectivity index (χ1n) is 6.22. The molecule has 0 amide bonds. The molecule has 1 aromatic carbocycles. The van der Waals surface area contributed by atoms with Gasteiger partial charge in [0.05, 0.1) is 17.6 Å². The lowest BCUT2D eigenvalue weighted by atomic mass is 10.1. The van der Waals surface area contributed by atoms with Crippen LogP contribution in [0.2, 0.25) is 0 Å². The lowest BCUT2D eigenvalue weighted by Crippen LogP contribution is -2.25. The summed E-state index contributed by atoms with van der Waals surface area (Å²) < 4.78 is 31.5. The maximum Gasteiger partial charge on any atom is 0.337 e. The van der Waals surface area contributed by atoms with Gasteiger partial charge in [0.15, 0.2) is 0 Å². The molecule has 0 atom stereocenters. The summed E-state index contributed by atoms with van der Waals surface area (Å²) in [7, 11) is -2.37. The number of carbonyl (C=O) groups is 1. The Kier molecular flexibility index (Phi) is 5.91. The number of carbonyl (C=O) groups excluding carboxylic acids is 1. The fraction of sp³-hybridized carbons (Fsp3) is 0.357. The van der Waals surface area contributed by atoms with Crippen molar-refractivity contribution in [3.63, 3.8) is 0 Å². The lowest BCUT2D eigenvalue weighted by Gasteiger charge is -2.10. The third-order valence-corrected chi connectivity index (χ3v) is 4.34. The van der Waals surface area contributed by atoms with Crippen LogP contribution in [-0.2, 0) is 14.8 Å². The van der Waals surface area contributed by atoms with Crippen LogP contribution in [0.1, 0.15) is 29.3 Å². The predicted molar refractivity (Wildman–Crippen MR) is 77.1 cm³/mol. The molecule has 5 nitrogen and oxygen atoms in total. The number of aryl methyl sites for hydroxylation is 1. The van der Waals surface area contributed by atoms with Gasteiger partial charge >= 0.3 is 5.97 Å². The Labute approximate surface area is 119 Å². The van der Waals surface area contributed by atoms with Crippen molar-refractivity contribution in [3.8, 4) is 0 Å². The van der Waals surface area contributed by atoms with E-state index in [1.54, 1.807) is 19.1 Å². The number of hydrogen-bond donors (Lipinski definition) is 1. The Bertz CT molecular complexity index is 606. The highest BCUT2D eigenvalue weighted by molar-refractivity contribution is 7.89. The van der Waals surface area contributed by atoms with Gasteiger partial charge in [0.1, 0.15) is 0 Å². The minimum atomic E-state index is -3.63. The predicted octanol–water partition coefficient (Wildman–Crippen LogP) is 2.03. The Morgan fingerprint density at radius 3 is 2.70 bits per heavy atom. The summed E-state index contributed by atoms with van der Waals surface area (Å²) in [5, 5.41) is 0. The molecule has 0 saturated carbocycles. The second kappa shape index (κ2) is 7.21. The van der Waals surface area contributed by atoms with Crippen LogP contribution in [0.15, 0.2) is 35.2 Å². The van der Waals surface area contributed by atoms with Crippen molar-refractivity contribution < 1.29 is 17.9 Å². The fourth-order valence-corrected chi connectivity index (χ4v) is 2.97. The molecule has 1 N–H and O–H groups in total. The maximum atomic E-state index is 12.2. The van der Waals surface area contributed by atoms with Gasteiger partial charge in [-0.3, -0.25) is 0 Å². The van der Waals surface area contributed by atoms with Gasteiger partial charge in [0.2, 0.25) is 10.0 Å². The molecule has 0 unspecified atom stereocenters. The summed E-state index contributed by atoms with van der Waals surface area (Å²) >= 11 is 0. The third-order valence-electron chi connectivity index (χ3n) is 2.74. The first-order valence-corrected chi connectivity index (χ1v) is 7.70. The molecule has 0 bridgehead atoms. The summed E-state index contributed by atoms with van der Waals surface area (Å²) in [4.78, 5) is 11.6. The summed E-state index contributed by atoms with van der Waals surface area (Å²) in [6, 6.07) is 4.46. The Balaban J connectivity index is 3.01. The fourth-order valence-electron chi connectivity index (χ4n) is 1.66. The standard InChI is InChI=1S/C14H19NO4S/c1-4-5-6-9-15-20(17,18)13-10-12(14(16)19-3)8-7-11(13)2/h4-5,7-8,10,15H,6,9H2,1-3H3/b5-4+. The molecule has 0 aliphatic heterocycles. The largest absolute Gasteiger partial charge is 0.465 e. The van der Waals surface area contributed by atoms with Gasteiger partial charge < -0.3 is 4.74 Å². The van der Waals surface area contributed by atoms with Crippen LogP contribution < -0.4 is 4.72 Å². The Morgan fingerprint density at radius 2 is 2.10 bits per heavy atom. The average Bonchev–Trinajstić information content (AvgIpc) is 2.43. The number of rotatable bonds is 6. The average molecular weight is 297 g/mol. The molecule has 0 radical (unpaired) electrons. The number of sulfonamides is 1. The van der Waals surface area contributed by atoms with Gasteiger partial charge in [-0.25, -0.2) is 17.9 Å². The van der Waals surface area contributed by atoms with Crippen LogP contribution in [-0.4, -0.2) is 28.0 Å². The molecule has 1 aromatic rings. The normalized spacial score (nSPS) is 11.8. The molecule has 0 heterocycles. The third kappa shape index (κ3) is 4.18. The van der Waals surface area contributed by atoms with E-state index in [1.807, 2.05) is 19.1 Å². The van der Waals surface area contributed by atoms with Crippen molar-refractivity contribution in [2.24, 2.45) is 0 Å². The summed E-state index contributed by atoms with van der Waals surface area (Å²) in [5.41, 5.74) is 0.795. The van der Waals surface area contributed by atoms with Crippen molar-refractivity contribution in [3.05, 3.63) is 41.5 Å². The van der Waals surface area contributed by atoms with Gasteiger partial charge in [0, 0.05) is 6.54 Å². The number of benzene rings is 1. The van der Waals surface area contributed by atoms with Gasteiger partial charge in [-0.2, -0.15) is 0 Å². The molecule has 0 aromatic heterocycles. The summed E-state index contributed by atoms with van der Waals surface area (Å²) in [6.07, 6.45) is 4.35. The smallest absolute Gasteiger partial charge is 0.337 e. The highest BCUT2D eigenvalue weighted by Crippen LogP contribution is 2.17. The van der Waals surface area contributed by atoms with Crippen LogP contribution in [0, 0.1) is 6.92 Å². The molecular formula is C14H19NO4S. The first kappa shape index (κ1) is 16.4. The molecule has 0 aliphatic rings. The van der Waals surface area contributed by atoms with Crippen molar-refractivity contribution in [2.45, 2.75) is 25.2 Å². The van der Waals surface area contributed by atoms with Crippen LogP contribution in [0.3, 0.4) is 0 Å². The minimum absolute atomic E-state index is 0.0980. The second-order valence-corrected chi connectivity index (χ2v) is 5.96. The van der Waals surface area contributed by atoms with Crippen LogP contribution in [0.25, 0.3) is 0 Å². The molecule has 110 valence electrons. The first-order chi connectivity index (χ1) is 9.42. The summed E-state index contributed by atoms with van der Waals surface area (Å²) in [5.74, 6) is -0.560. The molecule has 1 rings (SSSR count). The molecule has 20 heavy (non-hydrogen) atoms. The van der Waals surface area contributed by atoms with Crippen molar-refractivity contribution in [1.82, 2.24) is 4.72 Å². The van der Waals surface area contributed by atoms with Crippen molar-refractivity contribution >= 4 is 16.0 Å². The van der Waals surface area contributed by atoms with E-state index in [2.05, 4.69) is 9.46 Å². The number of methoxy groups -OCH3 is 1. The van der Waals surface area contributed by atoms with Crippen molar-refractivity contribution in [2.75, 3.05) is 13.7 Å². The van der Waals surface area contributed by atoms with Gasteiger partial charge in [0.25, 0.3) is 0 Å². The van der Waals surface area contributed by atoms with E-state index in [-0.39, 0.29) is 10.5 Å². The Morgan fingerprint density at radius 1 is 1.40 bits per heavy atom. The lowest BCUT2D eigenvalue weighted by molar-refractivity contribution is 0.0600. The topological polar surface area (TPSA) is 72.5 Å². The van der Waals surface area contributed by atoms with Gasteiger partial charge in [-0.1, -0.05) is 18.2 Å². The number of ether oxygens (including phenoxy) is 1. The zero-order valence-electron chi connectivity index (χ0n) is 11.8. The zero-order valence-corrected chi connectivity index (χ0v) is 12.7. The Hall–Kier alpha value is -1.66. The van der Waals surface area contributed by atoms with E-state index in [0.717, 1.165) is 0 Å². The molecule has 0 aliphatic carbocycles. The van der Waals surface area contributed by atoms with E-state index >= 15 is 0 Å². The van der Waals surface area contributed by atoms with Crippen LogP contribution in [0.5, 0.6) is 0 Å². The molecule has 0 saturated heterocycles. The molecule has 6 heteroatoms. The van der Waals surface area contributed by atoms with E-state index in [4.69, 9.17) is 0 Å². The van der Waals surface area contributed by atoms with Gasteiger partial charge in [-0.15, -0.1) is 0 Å². The molecule has 0 fully saturated rings. The highest BCUT2D eigenvalue weighted by Gasteiger charge is 2.18. The molecular weight excluding hydrogens is 278 g/mol. The highest BCUT2D eigenvalue weighted by atomic mass is 32.2. The SMILES string of the molecule is C/C=C/CCNS(=O)(=O)c1cc(C(=O)OC)ccc1C.